The maximum Gasteiger partial charge on any atom is 0.397 e. The Morgan fingerprint density at radius 1 is 1.34 bits per heavy atom. The quantitative estimate of drug-likeness (QED) is 0.638. The van der Waals surface area contributed by atoms with Crippen LogP contribution in [-0.2, 0) is 17.8 Å². The Morgan fingerprint density at radius 2 is 2.07 bits per heavy atom. The van der Waals surface area contributed by atoms with E-state index < -0.39 is 24.2 Å². The summed E-state index contributed by atoms with van der Waals surface area (Å²) in [5.41, 5.74) is 0.280. The number of carbonyl (C=O) groups is 1. The summed E-state index contributed by atoms with van der Waals surface area (Å²) in [6, 6.07) is 6.59. The Bertz CT molecular complexity index is 892. The van der Waals surface area contributed by atoms with Crippen LogP contribution in [0.25, 0.3) is 0 Å². The highest BCUT2D eigenvalue weighted by Gasteiger charge is 2.58. The van der Waals surface area contributed by atoms with Crippen molar-refractivity contribution in [3.05, 3.63) is 46.2 Å². The number of hydrogen-bond acceptors (Lipinski definition) is 3. The van der Waals surface area contributed by atoms with Gasteiger partial charge in [0.1, 0.15) is 12.4 Å². The molecule has 3 rings (SSSR count). The van der Waals surface area contributed by atoms with E-state index in [1.54, 1.807) is 28.9 Å². The molecule has 1 aliphatic carbocycles. The summed E-state index contributed by atoms with van der Waals surface area (Å²) in [6.07, 6.45) is -3.33. The molecule has 0 amide bonds. The standard InChI is InChI=1S/C20H22ClF3N2O3/c1-13-9-16(4-6-18(27)28)25-26(13)11-14-10-15(21)3-5-17(14)29-12-19(7-2-8-19)20(22,23)24/h3,5,9-10H,2,4,6-8,11-12H2,1H3,(H,27,28). The van der Waals surface area contributed by atoms with E-state index in [0.29, 0.717) is 34.9 Å². The van der Waals surface area contributed by atoms with Gasteiger partial charge in [-0.3, -0.25) is 9.48 Å². The molecule has 5 nitrogen and oxygen atoms in total. The van der Waals surface area contributed by atoms with Gasteiger partial charge in [-0.05, 0) is 44.0 Å². The molecule has 1 aliphatic rings. The molecule has 0 spiro atoms. The first-order valence-electron chi connectivity index (χ1n) is 9.33. The SMILES string of the molecule is Cc1cc(CCC(=O)O)nn1Cc1cc(Cl)ccc1OCC1(C(F)(F)F)CCC1. The number of alkyl halides is 3. The highest BCUT2D eigenvalue weighted by molar-refractivity contribution is 6.30. The lowest BCUT2D eigenvalue weighted by molar-refractivity contribution is -0.259. The van der Waals surface area contributed by atoms with Crippen LogP contribution in [0.2, 0.25) is 5.02 Å². The first kappa shape index (κ1) is 21.5. The molecule has 2 aromatic rings. The molecule has 29 heavy (non-hydrogen) atoms. The van der Waals surface area contributed by atoms with Gasteiger partial charge in [0.15, 0.2) is 0 Å². The zero-order valence-corrected chi connectivity index (χ0v) is 16.7. The number of halogens is 4. The molecular weight excluding hydrogens is 409 g/mol. The van der Waals surface area contributed by atoms with E-state index in [0.717, 1.165) is 5.69 Å². The number of hydrogen-bond donors (Lipinski definition) is 1. The Labute approximate surface area is 171 Å². The van der Waals surface area contributed by atoms with Gasteiger partial charge in [0.25, 0.3) is 0 Å². The van der Waals surface area contributed by atoms with Gasteiger partial charge < -0.3 is 9.84 Å². The van der Waals surface area contributed by atoms with Crippen LogP contribution in [0.3, 0.4) is 0 Å². The van der Waals surface area contributed by atoms with Crippen LogP contribution in [0.4, 0.5) is 13.2 Å². The predicted molar refractivity (Wildman–Crippen MR) is 101 cm³/mol. The van der Waals surface area contributed by atoms with Crippen molar-refractivity contribution >= 4 is 17.6 Å². The van der Waals surface area contributed by atoms with Crippen molar-refractivity contribution in [2.24, 2.45) is 5.41 Å². The summed E-state index contributed by atoms with van der Waals surface area (Å²) in [5.74, 6) is -0.566. The number of carboxylic acids is 1. The molecule has 0 unspecified atom stereocenters. The van der Waals surface area contributed by atoms with E-state index in [9.17, 15) is 18.0 Å². The van der Waals surface area contributed by atoms with E-state index >= 15 is 0 Å². The van der Waals surface area contributed by atoms with Crippen LogP contribution in [0.15, 0.2) is 24.3 Å². The molecule has 1 heterocycles. The van der Waals surface area contributed by atoms with Crippen molar-refractivity contribution in [1.29, 1.82) is 0 Å². The van der Waals surface area contributed by atoms with Crippen molar-refractivity contribution in [3.63, 3.8) is 0 Å². The Kier molecular flexibility index (Phi) is 6.12. The minimum atomic E-state index is -4.30. The van der Waals surface area contributed by atoms with Crippen LogP contribution in [0.1, 0.15) is 42.6 Å². The van der Waals surface area contributed by atoms with Crippen LogP contribution >= 0.6 is 11.6 Å². The molecule has 1 aromatic heterocycles. The Morgan fingerprint density at radius 3 is 2.66 bits per heavy atom. The molecule has 0 bridgehead atoms. The third kappa shape index (κ3) is 4.86. The van der Waals surface area contributed by atoms with Crippen LogP contribution in [0, 0.1) is 12.3 Å². The molecule has 0 radical (unpaired) electrons. The smallest absolute Gasteiger partial charge is 0.397 e. The van der Waals surface area contributed by atoms with Gasteiger partial charge in [0.2, 0.25) is 0 Å². The van der Waals surface area contributed by atoms with E-state index in [4.69, 9.17) is 21.4 Å². The predicted octanol–water partition coefficient (Wildman–Crippen LogP) is 5.02. The van der Waals surface area contributed by atoms with E-state index in [2.05, 4.69) is 5.10 Å². The van der Waals surface area contributed by atoms with Crippen molar-refractivity contribution in [2.45, 2.75) is 51.7 Å². The maximum atomic E-state index is 13.4. The average Bonchev–Trinajstić information content (AvgIpc) is 2.92. The number of carboxylic acid groups (broad SMARTS) is 1. The fourth-order valence-corrected chi connectivity index (χ4v) is 3.59. The molecule has 1 saturated carbocycles. The molecule has 1 N–H and O–H groups in total. The number of aliphatic carboxylic acids is 1. The minimum Gasteiger partial charge on any atom is -0.492 e. The first-order valence-corrected chi connectivity index (χ1v) is 9.70. The van der Waals surface area contributed by atoms with Crippen LogP contribution in [-0.4, -0.2) is 33.6 Å². The molecule has 9 heteroatoms. The van der Waals surface area contributed by atoms with Crippen LogP contribution < -0.4 is 4.74 Å². The largest absolute Gasteiger partial charge is 0.492 e. The number of aromatic nitrogens is 2. The maximum absolute atomic E-state index is 13.4. The van der Waals surface area contributed by atoms with E-state index in [1.807, 2.05) is 6.92 Å². The molecule has 0 saturated heterocycles. The zero-order valence-electron chi connectivity index (χ0n) is 15.9. The third-order valence-electron chi connectivity index (χ3n) is 5.39. The summed E-state index contributed by atoms with van der Waals surface area (Å²) in [6.45, 7) is 1.66. The molecular formula is C20H22ClF3N2O3. The summed E-state index contributed by atoms with van der Waals surface area (Å²) < 4.78 is 47.5. The second kappa shape index (κ2) is 8.26. The zero-order chi connectivity index (χ0) is 21.2. The second-order valence-electron chi connectivity index (χ2n) is 7.50. The summed E-state index contributed by atoms with van der Waals surface area (Å²) >= 11 is 6.08. The van der Waals surface area contributed by atoms with Gasteiger partial charge in [-0.25, -0.2) is 0 Å². The van der Waals surface area contributed by atoms with Crippen molar-refractivity contribution in [3.8, 4) is 5.75 Å². The summed E-state index contributed by atoms with van der Waals surface area (Å²) in [5, 5.41) is 13.7. The lowest BCUT2D eigenvalue weighted by Crippen LogP contribution is -2.48. The van der Waals surface area contributed by atoms with Gasteiger partial charge in [-0.1, -0.05) is 18.0 Å². The molecule has 158 valence electrons. The minimum absolute atomic E-state index is 0.0263. The van der Waals surface area contributed by atoms with E-state index in [-0.39, 0.29) is 25.8 Å². The van der Waals surface area contributed by atoms with Gasteiger partial charge in [-0.15, -0.1) is 0 Å². The second-order valence-corrected chi connectivity index (χ2v) is 7.94. The van der Waals surface area contributed by atoms with Gasteiger partial charge in [-0.2, -0.15) is 18.3 Å². The number of nitrogens with zero attached hydrogens (tertiary/aromatic N) is 2. The van der Waals surface area contributed by atoms with Gasteiger partial charge in [0.05, 0.1) is 24.1 Å². The lowest BCUT2D eigenvalue weighted by Gasteiger charge is -2.42. The van der Waals surface area contributed by atoms with Gasteiger partial charge >= 0.3 is 12.1 Å². The van der Waals surface area contributed by atoms with E-state index in [1.165, 1.54) is 0 Å². The lowest BCUT2D eigenvalue weighted by atomic mass is 9.69. The van der Waals surface area contributed by atoms with Gasteiger partial charge in [0, 0.05) is 22.7 Å². The van der Waals surface area contributed by atoms with Crippen LogP contribution in [0.5, 0.6) is 5.75 Å². The third-order valence-corrected chi connectivity index (χ3v) is 5.62. The summed E-state index contributed by atoms with van der Waals surface area (Å²) in [7, 11) is 0. The fourth-order valence-electron chi connectivity index (χ4n) is 3.40. The molecule has 1 fully saturated rings. The topological polar surface area (TPSA) is 64.3 Å². The number of rotatable bonds is 8. The van der Waals surface area contributed by atoms with Crippen molar-refractivity contribution in [2.75, 3.05) is 6.61 Å². The number of aryl methyl sites for hydroxylation is 2. The highest BCUT2D eigenvalue weighted by atomic mass is 35.5. The highest BCUT2D eigenvalue weighted by Crippen LogP contribution is 2.53. The Balaban J connectivity index is 1.77. The molecule has 1 aromatic carbocycles. The van der Waals surface area contributed by atoms with Crippen molar-refractivity contribution in [1.82, 2.24) is 9.78 Å². The molecule has 0 atom stereocenters. The monoisotopic (exact) mass is 430 g/mol. The number of ether oxygens (including phenoxy) is 1. The number of benzene rings is 1. The Hall–Kier alpha value is -2.22. The fraction of sp³-hybridized carbons (Fsp3) is 0.500. The van der Waals surface area contributed by atoms with Crippen molar-refractivity contribution < 1.29 is 27.8 Å². The molecule has 0 aliphatic heterocycles. The first-order chi connectivity index (χ1) is 13.6. The summed E-state index contributed by atoms with van der Waals surface area (Å²) in [4.78, 5) is 10.7. The average molecular weight is 431 g/mol. The normalized spacial score (nSPS) is 15.8.